The van der Waals surface area contributed by atoms with Gasteiger partial charge < -0.3 is 10.1 Å². The molecule has 1 fully saturated rings. The van der Waals surface area contributed by atoms with Gasteiger partial charge in [0.15, 0.2) is 0 Å². The quantitative estimate of drug-likeness (QED) is 0.680. The number of nitrogens with one attached hydrogen (secondary N) is 1. The Balaban J connectivity index is 2.06. The molecule has 0 radical (unpaired) electrons. The fourth-order valence-electron chi connectivity index (χ4n) is 1.94. The Morgan fingerprint density at radius 3 is 2.86 bits per heavy atom. The molecular formula is C12H25NO. The molecule has 1 saturated heterocycles. The highest BCUT2D eigenvalue weighted by Crippen LogP contribution is 2.15. The fraction of sp³-hybridized carbons (Fsp3) is 1.00. The molecule has 1 aliphatic heterocycles. The summed E-state index contributed by atoms with van der Waals surface area (Å²) < 4.78 is 5.89. The van der Waals surface area contributed by atoms with Gasteiger partial charge in [-0.3, -0.25) is 0 Å². The molecule has 0 saturated carbocycles. The van der Waals surface area contributed by atoms with Gasteiger partial charge in [-0.25, -0.2) is 0 Å². The van der Waals surface area contributed by atoms with Crippen LogP contribution >= 0.6 is 0 Å². The second-order valence-corrected chi connectivity index (χ2v) is 4.36. The fourth-order valence-corrected chi connectivity index (χ4v) is 1.94. The Bertz CT molecular complexity index is 132. The minimum absolute atomic E-state index is 0.491. The maximum atomic E-state index is 5.89. The Hall–Kier alpha value is -0.0800. The van der Waals surface area contributed by atoms with Crippen molar-refractivity contribution in [2.45, 2.75) is 52.1 Å². The number of hydrogen-bond donors (Lipinski definition) is 1. The summed E-state index contributed by atoms with van der Waals surface area (Å²) in [4.78, 5) is 0. The van der Waals surface area contributed by atoms with E-state index in [2.05, 4.69) is 19.2 Å². The molecule has 2 nitrogen and oxygen atoms in total. The number of hydrogen-bond acceptors (Lipinski definition) is 2. The van der Waals surface area contributed by atoms with E-state index in [0.717, 1.165) is 25.6 Å². The molecule has 2 atom stereocenters. The highest BCUT2D eigenvalue weighted by Gasteiger charge is 2.16. The smallest absolute Gasteiger partial charge is 0.0711 e. The molecule has 84 valence electrons. The van der Waals surface area contributed by atoms with Crippen molar-refractivity contribution in [3.8, 4) is 0 Å². The van der Waals surface area contributed by atoms with Crippen molar-refractivity contribution in [2.24, 2.45) is 5.92 Å². The predicted octanol–water partition coefficient (Wildman–Crippen LogP) is 2.58. The summed E-state index contributed by atoms with van der Waals surface area (Å²) in [6, 6.07) is 0. The number of unbranched alkanes of at least 4 members (excludes halogenated alkanes) is 1. The molecule has 0 spiro atoms. The zero-order valence-corrected chi connectivity index (χ0v) is 9.72. The average Bonchev–Trinajstić information content (AvgIpc) is 2.71. The lowest BCUT2D eigenvalue weighted by atomic mass is 10.0. The van der Waals surface area contributed by atoms with Gasteiger partial charge in [-0.05, 0) is 25.3 Å². The molecule has 2 heteroatoms. The summed E-state index contributed by atoms with van der Waals surface area (Å²) >= 11 is 0. The maximum absolute atomic E-state index is 5.89. The predicted molar refractivity (Wildman–Crippen MR) is 60.5 cm³/mol. The first-order valence-corrected chi connectivity index (χ1v) is 6.19. The summed E-state index contributed by atoms with van der Waals surface area (Å²) in [5.74, 6) is 0.788. The van der Waals surface area contributed by atoms with E-state index in [4.69, 9.17) is 4.74 Å². The second kappa shape index (κ2) is 7.24. The summed E-state index contributed by atoms with van der Waals surface area (Å²) in [5.41, 5.74) is 0. The van der Waals surface area contributed by atoms with E-state index >= 15 is 0 Å². The first kappa shape index (κ1) is 12.0. The minimum Gasteiger partial charge on any atom is -0.377 e. The first-order valence-electron chi connectivity index (χ1n) is 6.19. The largest absolute Gasteiger partial charge is 0.377 e. The zero-order chi connectivity index (χ0) is 10.2. The van der Waals surface area contributed by atoms with Gasteiger partial charge in [0.25, 0.3) is 0 Å². The lowest BCUT2D eigenvalue weighted by Crippen LogP contribution is -2.20. The minimum atomic E-state index is 0.491. The van der Waals surface area contributed by atoms with Gasteiger partial charge in [-0.1, -0.05) is 33.1 Å². The van der Waals surface area contributed by atoms with Crippen LogP contribution in [-0.4, -0.2) is 25.8 Å². The number of rotatable bonds is 7. The van der Waals surface area contributed by atoms with Gasteiger partial charge in [-0.15, -0.1) is 0 Å². The molecule has 0 aromatic carbocycles. The SMILES string of the molecule is CCCCC(CC)COC1CCNC1. The molecule has 1 rings (SSSR count). The lowest BCUT2D eigenvalue weighted by Gasteiger charge is -2.17. The van der Waals surface area contributed by atoms with Crippen LogP contribution in [0.4, 0.5) is 0 Å². The van der Waals surface area contributed by atoms with Gasteiger partial charge in [-0.2, -0.15) is 0 Å². The van der Waals surface area contributed by atoms with Crippen LogP contribution in [0, 0.1) is 5.92 Å². The standard InChI is InChI=1S/C12H25NO/c1-3-5-6-11(4-2)10-14-12-7-8-13-9-12/h11-13H,3-10H2,1-2H3. The summed E-state index contributed by atoms with van der Waals surface area (Å²) in [5, 5.41) is 3.33. The average molecular weight is 199 g/mol. The molecule has 0 aromatic rings. The third-order valence-electron chi connectivity index (χ3n) is 3.13. The lowest BCUT2D eigenvalue weighted by molar-refractivity contribution is 0.0376. The highest BCUT2D eigenvalue weighted by atomic mass is 16.5. The van der Waals surface area contributed by atoms with Crippen LogP contribution in [-0.2, 0) is 4.74 Å². The summed E-state index contributed by atoms with van der Waals surface area (Å²) in [7, 11) is 0. The zero-order valence-electron chi connectivity index (χ0n) is 9.72. The first-order chi connectivity index (χ1) is 6.86. The maximum Gasteiger partial charge on any atom is 0.0711 e. The van der Waals surface area contributed by atoms with Gasteiger partial charge in [0.05, 0.1) is 6.10 Å². The molecule has 0 amide bonds. The van der Waals surface area contributed by atoms with Crippen LogP contribution in [0.15, 0.2) is 0 Å². The molecule has 2 unspecified atom stereocenters. The topological polar surface area (TPSA) is 21.3 Å². The summed E-state index contributed by atoms with van der Waals surface area (Å²) in [6.07, 6.45) is 6.95. The molecule has 14 heavy (non-hydrogen) atoms. The highest BCUT2D eigenvalue weighted by molar-refractivity contribution is 4.71. The van der Waals surface area contributed by atoms with E-state index in [0.29, 0.717) is 6.10 Å². The Labute approximate surface area is 88.4 Å². The van der Waals surface area contributed by atoms with Crippen molar-refractivity contribution >= 4 is 0 Å². The monoisotopic (exact) mass is 199 g/mol. The van der Waals surface area contributed by atoms with Crippen molar-refractivity contribution in [1.82, 2.24) is 5.32 Å². The van der Waals surface area contributed by atoms with Gasteiger partial charge in [0, 0.05) is 13.2 Å². The Morgan fingerprint density at radius 1 is 1.43 bits per heavy atom. The number of ether oxygens (including phenoxy) is 1. The van der Waals surface area contributed by atoms with Crippen molar-refractivity contribution in [2.75, 3.05) is 19.7 Å². The second-order valence-electron chi connectivity index (χ2n) is 4.36. The molecule has 0 aromatic heterocycles. The van der Waals surface area contributed by atoms with Gasteiger partial charge in [0.2, 0.25) is 0 Å². The molecule has 1 heterocycles. The van der Waals surface area contributed by atoms with E-state index in [-0.39, 0.29) is 0 Å². The van der Waals surface area contributed by atoms with Crippen LogP contribution < -0.4 is 5.32 Å². The van der Waals surface area contributed by atoms with Crippen LogP contribution in [0.3, 0.4) is 0 Å². The van der Waals surface area contributed by atoms with Crippen LogP contribution in [0.1, 0.15) is 46.0 Å². The van der Waals surface area contributed by atoms with Gasteiger partial charge >= 0.3 is 0 Å². The molecule has 1 aliphatic rings. The van der Waals surface area contributed by atoms with E-state index in [1.54, 1.807) is 0 Å². The molecule has 0 aliphatic carbocycles. The van der Waals surface area contributed by atoms with E-state index < -0.39 is 0 Å². The molecular weight excluding hydrogens is 174 g/mol. The third-order valence-corrected chi connectivity index (χ3v) is 3.13. The van der Waals surface area contributed by atoms with E-state index in [9.17, 15) is 0 Å². The third kappa shape index (κ3) is 4.43. The van der Waals surface area contributed by atoms with Crippen molar-refractivity contribution in [3.05, 3.63) is 0 Å². The van der Waals surface area contributed by atoms with Crippen molar-refractivity contribution < 1.29 is 4.74 Å². The Kier molecular flexibility index (Phi) is 6.20. The van der Waals surface area contributed by atoms with Crippen LogP contribution in [0.5, 0.6) is 0 Å². The van der Waals surface area contributed by atoms with Gasteiger partial charge in [0.1, 0.15) is 0 Å². The van der Waals surface area contributed by atoms with Crippen LogP contribution in [0.2, 0.25) is 0 Å². The summed E-state index contributed by atoms with van der Waals surface area (Å²) in [6.45, 7) is 7.70. The van der Waals surface area contributed by atoms with Crippen molar-refractivity contribution in [1.29, 1.82) is 0 Å². The van der Waals surface area contributed by atoms with E-state index in [1.165, 1.54) is 32.1 Å². The van der Waals surface area contributed by atoms with Crippen LogP contribution in [0.25, 0.3) is 0 Å². The van der Waals surface area contributed by atoms with E-state index in [1.807, 2.05) is 0 Å². The molecule has 0 bridgehead atoms. The molecule has 1 N–H and O–H groups in total. The van der Waals surface area contributed by atoms with Crippen molar-refractivity contribution in [3.63, 3.8) is 0 Å². The Morgan fingerprint density at radius 2 is 2.29 bits per heavy atom. The normalized spacial score (nSPS) is 24.0.